The number of rotatable bonds is 2. The van der Waals surface area contributed by atoms with Crippen LogP contribution >= 0.6 is 24.2 Å². The lowest BCUT2D eigenvalue weighted by Gasteiger charge is -2.39. The predicted octanol–water partition coefficient (Wildman–Crippen LogP) is 6.23. The summed E-state index contributed by atoms with van der Waals surface area (Å²) >= 11 is 1.98. The van der Waals surface area contributed by atoms with Crippen molar-refractivity contribution >= 4 is 36.3 Å². The van der Waals surface area contributed by atoms with Crippen LogP contribution in [0.4, 0.5) is 0 Å². The summed E-state index contributed by atoms with van der Waals surface area (Å²) in [7, 11) is 0. The van der Waals surface area contributed by atoms with E-state index >= 15 is 0 Å². The second kappa shape index (κ2) is 11.0. The van der Waals surface area contributed by atoms with E-state index in [0.29, 0.717) is 17.9 Å². The van der Waals surface area contributed by atoms with Gasteiger partial charge < -0.3 is 5.32 Å². The van der Waals surface area contributed by atoms with Crippen molar-refractivity contribution in [2.45, 2.75) is 94.3 Å². The fourth-order valence-electron chi connectivity index (χ4n) is 5.55. The summed E-state index contributed by atoms with van der Waals surface area (Å²) in [5.74, 6) is 1.79. The molecule has 0 bridgehead atoms. The molecule has 2 heterocycles. The van der Waals surface area contributed by atoms with Gasteiger partial charge in [0.05, 0.1) is 16.4 Å². The van der Waals surface area contributed by atoms with Gasteiger partial charge in [0.1, 0.15) is 0 Å². The zero-order chi connectivity index (χ0) is 19.2. The zero-order valence-electron chi connectivity index (χ0n) is 17.6. The van der Waals surface area contributed by atoms with Gasteiger partial charge in [-0.2, -0.15) is 0 Å². The van der Waals surface area contributed by atoms with Crippen LogP contribution in [0.25, 0.3) is 0 Å². The van der Waals surface area contributed by atoms with Gasteiger partial charge in [0.25, 0.3) is 0 Å². The second-order valence-electron chi connectivity index (χ2n) is 9.11. The molecular weight excluding hydrogens is 400 g/mol. The van der Waals surface area contributed by atoms with E-state index in [4.69, 9.17) is 0 Å². The first kappa shape index (κ1) is 22.9. The molecule has 2 aliphatic carbocycles. The summed E-state index contributed by atoms with van der Waals surface area (Å²) in [6, 6.07) is 0.381. The number of amides is 1. The van der Waals surface area contributed by atoms with E-state index < -0.39 is 0 Å². The highest BCUT2D eigenvalue weighted by Crippen LogP contribution is 2.57. The standard InChI is InChI=1S/C24H36N2OS.ClH/c27-23(26-19-12-8-6-4-2-1-3-5-7-9-13-19)20-18-28-24-16-11-10-14-22(24)25-17-15-21(20)24;/h10-11,14,17,19-21H,1-9,12-13,15-16,18H2,(H,26,27);1H. The first-order valence-corrected chi connectivity index (χ1v) is 12.6. The highest BCUT2D eigenvalue weighted by Gasteiger charge is 2.54. The van der Waals surface area contributed by atoms with Gasteiger partial charge in [-0.25, -0.2) is 0 Å². The fourth-order valence-corrected chi connectivity index (χ4v) is 7.37. The Bertz CT molecular complexity index is 635. The van der Waals surface area contributed by atoms with Crippen molar-refractivity contribution in [1.29, 1.82) is 0 Å². The molecule has 2 fully saturated rings. The monoisotopic (exact) mass is 436 g/mol. The largest absolute Gasteiger partial charge is 0.353 e. The van der Waals surface area contributed by atoms with Gasteiger partial charge >= 0.3 is 0 Å². The third-order valence-corrected chi connectivity index (χ3v) is 8.95. The Morgan fingerprint density at radius 1 is 1.03 bits per heavy atom. The number of hydrogen-bond acceptors (Lipinski definition) is 3. The Morgan fingerprint density at radius 2 is 1.69 bits per heavy atom. The van der Waals surface area contributed by atoms with Gasteiger partial charge in [0.15, 0.2) is 0 Å². The van der Waals surface area contributed by atoms with Crippen molar-refractivity contribution in [2.24, 2.45) is 16.8 Å². The Labute approximate surface area is 187 Å². The van der Waals surface area contributed by atoms with Crippen LogP contribution < -0.4 is 5.32 Å². The van der Waals surface area contributed by atoms with E-state index in [0.717, 1.165) is 31.4 Å². The lowest BCUT2D eigenvalue weighted by molar-refractivity contribution is -0.126. The molecule has 1 saturated heterocycles. The van der Waals surface area contributed by atoms with Crippen molar-refractivity contribution in [3.05, 3.63) is 23.9 Å². The SMILES string of the molecule is Cl.O=C(NC1CCCCCCCCCCC1)C1CSC23CC=CC=C2N=CCC13. The lowest BCUT2D eigenvalue weighted by Crippen LogP contribution is -2.45. The van der Waals surface area contributed by atoms with Crippen molar-refractivity contribution in [2.75, 3.05) is 5.75 Å². The molecule has 2 aliphatic heterocycles. The summed E-state index contributed by atoms with van der Waals surface area (Å²) in [5.41, 5.74) is 1.19. The van der Waals surface area contributed by atoms with Crippen molar-refractivity contribution in [3.8, 4) is 0 Å². The van der Waals surface area contributed by atoms with E-state index in [1.54, 1.807) is 0 Å². The molecule has 3 unspecified atom stereocenters. The summed E-state index contributed by atoms with van der Waals surface area (Å²) in [5, 5.41) is 3.50. The van der Waals surface area contributed by atoms with Gasteiger partial charge in [0.2, 0.25) is 5.91 Å². The summed E-state index contributed by atoms with van der Waals surface area (Å²) in [6.45, 7) is 0. The van der Waals surface area contributed by atoms with Gasteiger partial charge in [-0.1, -0.05) is 69.9 Å². The molecule has 1 spiro atoms. The van der Waals surface area contributed by atoms with E-state index in [1.807, 2.05) is 11.8 Å². The van der Waals surface area contributed by atoms with Crippen LogP contribution in [0.2, 0.25) is 0 Å². The highest BCUT2D eigenvalue weighted by atomic mass is 35.5. The van der Waals surface area contributed by atoms with Gasteiger partial charge in [-0.15, -0.1) is 24.2 Å². The first-order chi connectivity index (χ1) is 13.8. The molecular formula is C24H37ClN2OS. The average molecular weight is 437 g/mol. The number of carbonyl (C=O) groups excluding carboxylic acids is 1. The van der Waals surface area contributed by atoms with E-state index in [9.17, 15) is 4.79 Å². The normalized spacial score (nSPS) is 33.3. The molecule has 1 N–H and O–H groups in total. The third kappa shape index (κ3) is 5.31. The molecule has 4 aliphatic rings. The Balaban J connectivity index is 0.00000240. The topological polar surface area (TPSA) is 41.5 Å². The van der Waals surface area contributed by atoms with Crippen molar-refractivity contribution < 1.29 is 4.79 Å². The summed E-state index contributed by atoms with van der Waals surface area (Å²) in [4.78, 5) is 18.0. The Hall–Kier alpha value is -0.740. The Morgan fingerprint density at radius 3 is 2.38 bits per heavy atom. The zero-order valence-corrected chi connectivity index (χ0v) is 19.2. The van der Waals surface area contributed by atoms with Crippen LogP contribution in [0.5, 0.6) is 0 Å². The molecule has 4 rings (SSSR count). The number of nitrogens with zero attached hydrogens (tertiary/aromatic N) is 1. The maximum atomic E-state index is 13.3. The van der Waals surface area contributed by atoms with E-state index in [2.05, 4.69) is 34.8 Å². The Kier molecular flexibility index (Phi) is 8.73. The molecule has 162 valence electrons. The first-order valence-electron chi connectivity index (χ1n) is 11.6. The number of allylic oxidation sites excluding steroid dienone is 3. The average Bonchev–Trinajstić information content (AvgIpc) is 3.08. The molecule has 1 saturated carbocycles. The minimum Gasteiger partial charge on any atom is -0.353 e. The van der Waals surface area contributed by atoms with Crippen molar-refractivity contribution in [1.82, 2.24) is 5.32 Å². The maximum Gasteiger partial charge on any atom is 0.224 e. The van der Waals surface area contributed by atoms with Gasteiger partial charge in [-0.3, -0.25) is 9.79 Å². The van der Waals surface area contributed by atoms with Crippen LogP contribution in [-0.2, 0) is 4.79 Å². The molecule has 1 amide bonds. The summed E-state index contributed by atoms with van der Waals surface area (Å²) < 4.78 is 0.0536. The number of halogens is 1. The van der Waals surface area contributed by atoms with Crippen molar-refractivity contribution in [3.63, 3.8) is 0 Å². The highest BCUT2D eigenvalue weighted by molar-refractivity contribution is 8.01. The number of thioether (sulfide) groups is 1. The maximum absolute atomic E-state index is 13.3. The molecule has 0 aromatic rings. The second-order valence-corrected chi connectivity index (χ2v) is 10.5. The molecule has 0 aromatic carbocycles. The third-order valence-electron chi connectivity index (χ3n) is 7.23. The molecule has 29 heavy (non-hydrogen) atoms. The van der Waals surface area contributed by atoms with E-state index in [1.165, 1.54) is 63.5 Å². The van der Waals surface area contributed by atoms with Crippen LogP contribution in [0, 0.1) is 11.8 Å². The number of aliphatic imine (C=N–C) groups is 1. The molecule has 0 aromatic heterocycles. The number of nitrogens with one attached hydrogen (secondary N) is 1. The van der Waals surface area contributed by atoms with Crippen LogP contribution in [0.1, 0.15) is 83.5 Å². The van der Waals surface area contributed by atoms with Crippen LogP contribution in [0.15, 0.2) is 28.9 Å². The molecule has 3 atom stereocenters. The number of carbonyl (C=O) groups is 1. The van der Waals surface area contributed by atoms with Gasteiger partial charge in [-0.05, 0) is 37.7 Å². The minimum atomic E-state index is 0. The quantitative estimate of drug-likeness (QED) is 0.557. The van der Waals surface area contributed by atoms with E-state index in [-0.39, 0.29) is 23.1 Å². The van der Waals surface area contributed by atoms with Gasteiger partial charge in [0, 0.05) is 18.0 Å². The number of hydrogen-bond donors (Lipinski definition) is 1. The lowest BCUT2D eigenvalue weighted by atomic mass is 9.73. The van der Waals surface area contributed by atoms with Crippen LogP contribution in [-0.4, -0.2) is 28.7 Å². The van der Waals surface area contributed by atoms with Crippen LogP contribution in [0.3, 0.4) is 0 Å². The molecule has 3 nitrogen and oxygen atoms in total. The summed E-state index contributed by atoms with van der Waals surface area (Å²) in [6.07, 6.45) is 25.0. The predicted molar refractivity (Wildman–Crippen MR) is 127 cm³/mol. The smallest absolute Gasteiger partial charge is 0.224 e. The molecule has 0 radical (unpaired) electrons. The minimum absolute atomic E-state index is 0. The molecule has 5 heteroatoms. The fraction of sp³-hybridized carbons (Fsp3) is 0.750.